The molecule has 0 aliphatic heterocycles. The minimum atomic E-state index is -0.280. The average molecular weight is 335 g/mol. The van der Waals surface area contributed by atoms with Gasteiger partial charge < -0.3 is 13.9 Å². The number of ether oxygens (including phenoxy) is 2. The number of aryl methyl sites for hydroxylation is 1. The van der Waals surface area contributed by atoms with E-state index in [2.05, 4.69) is 0 Å². The van der Waals surface area contributed by atoms with Crippen molar-refractivity contribution in [2.45, 2.75) is 13.3 Å². The van der Waals surface area contributed by atoms with Crippen LogP contribution >= 0.6 is 0 Å². The third-order valence-electron chi connectivity index (χ3n) is 3.95. The summed E-state index contributed by atoms with van der Waals surface area (Å²) in [7, 11) is 1.58. The molecule has 0 aliphatic rings. The molecular weight excluding hydrogens is 318 g/mol. The van der Waals surface area contributed by atoms with E-state index < -0.39 is 0 Å². The summed E-state index contributed by atoms with van der Waals surface area (Å²) in [6, 6.07) is 14.5. The summed E-state index contributed by atoms with van der Waals surface area (Å²) in [6.45, 7) is 1.79. The molecule has 0 saturated heterocycles. The Morgan fingerprint density at radius 2 is 1.92 bits per heavy atom. The first-order valence-corrected chi connectivity index (χ1v) is 7.91. The highest BCUT2D eigenvalue weighted by Gasteiger charge is 2.18. The highest BCUT2D eigenvalue weighted by molar-refractivity contribution is 5.82. The number of nitrogens with zero attached hydrogens (tertiary/aromatic N) is 1. The molecule has 126 valence electrons. The van der Waals surface area contributed by atoms with E-state index in [1.807, 2.05) is 19.1 Å². The van der Waals surface area contributed by atoms with E-state index in [0.29, 0.717) is 28.0 Å². The second-order valence-corrected chi connectivity index (χ2v) is 5.45. The lowest BCUT2D eigenvalue weighted by Gasteiger charge is -2.11. The smallest absolute Gasteiger partial charge is 0.235 e. The van der Waals surface area contributed by atoms with Crippen LogP contribution in [-0.2, 0) is 6.42 Å². The number of methoxy groups -OCH3 is 1. The average Bonchev–Trinajstić information content (AvgIpc) is 2.67. The molecule has 0 amide bonds. The van der Waals surface area contributed by atoms with Crippen molar-refractivity contribution >= 4 is 11.0 Å². The number of fused-ring (bicyclic) bond motifs is 1. The van der Waals surface area contributed by atoms with Crippen molar-refractivity contribution in [2.24, 2.45) is 0 Å². The summed E-state index contributed by atoms with van der Waals surface area (Å²) in [5.74, 6) is 1.05. The fourth-order valence-electron chi connectivity index (χ4n) is 2.61. The SMILES string of the molecule is CCc1ccc2oc(-c3ccc(OC)cc3)c(OCC#N)c(=O)c2c1. The summed E-state index contributed by atoms with van der Waals surface area (Å²) < 4.78 is 16.5. The van der Waals surface area contributed by atoms with E-state index in [4.69, 9.17) is 19.2 Å². The van der Waals surface area contributed by atoms with Gasteiger partial charge in [0.05, 0.1) is 12.5 Å². The van der Waals surface area contributed by atoms with Gasteiger partial charge in [-0.05, 0) is 48.4 Å². The second kappa shape index (κ2) is 7.10. The van der Waals surface area contributed by atoms with Crippen molar-refractivity contribution in [1.29, 1.82) is 5.26 Å². The minimum absolute atomic E-state index is 0.0486. The summed E-state index contributed by atoms with van der Waals surface area (Å²) in [4.78, 5) is 12.9. The Morgan fingerprint density at radius 3 is 2.56 bits per heavy atom. The van der Waals surface area contributed by atoms with Crippen LogP contribution in [0.15, 0.2) is 51.7 Å². The lowest BCUT2D eigenvalue weighted by molar-refractivity contribution is 0.356. The maximum atomic E-state index is 12.9. The Labute approximate surface area is 145 Å². The molecule has 0 radical (unpaired) electrons. The van der Waals surface area contributed by atoms with E-state index in [9.17, 15) is 4.79 Å². The van der Waals surface area contributed by atoms with Gasteiger partial charge in [-0.25, -0.2) is 0 Å². The molecule has 0 saturated carbocycles. The number of hydrogen-bond acceptors (Lipinski definition) is 5. The van der Waals surface area contributed by atoms with Crippen molar-refractivity contribution in [1.82, 2.24) is 0 Å². The van der Waals surface area contributed by atoms with Crippen molar-refractivity contribution in [3.05, 3.63) is 58.3 Å². The Hall–Kier alpha value is -3.26. The van der Waals surface area contributed by atoms with Gasteiger partial charge in [0.2, 0.25) is 11.2 Å². The molecule has 3 aromatic rings. The van der Waals surface area contributed by atoms with Gasteiger partial charge in [0.25, 0.3) is 0 Å². The normalized spacial score (nSPS) is 10.4. The first-order valence-electron chi connectivity index (χ1n) is 7.91. The quantitative estimate of drug-likeness (QED) is 0.706. The molecule has 5 nitrogen and oxygen atoms in total. The van der Waals surface area contributed by atoms with Crippen molar-refractivity contribution in [3.63, 3.8) is 0 Å². The fourth-order valence-corrected chi connectivity index (χ4v) is 2.61. The molecule has 25 heavy (non-hydrogen) atoms. The van der Waals surface area contributed by atoms with Gasteiger partial charge >= 0.3 is 0 Å². The maximum absolute atomic E-state index is 12.9. The molecule has 3 rings (SSSR count). The Balaban J connectivity index is 2.24. The van der Waals surface area contributed by atoms with Crippen LogP contribution in [0, 0.1) is 11.3 Å². The van der Waals surface area contributed by atoms with Gasteiger partial charge in [-0.15, -0.1) is 0 Å². The summed E-state index contributed by atoms with van der Waals surface area (Å²) in [5.41, 5.74) is 1.91. The van der Waals surface area contributed by atoms with Crippen molar-refractivity contribution < 1.29 is 13.9 Å². The van der Waals surface area contributed by atoms with Crippen LogP contribution < -0.4 is 14.9 Å². The first kappa shape index (κ1) is 16.6. The first-order chi connectivity index (χ1) is 12.2. The van der Waals surface area contributed by atoms with Gasteiger partial charge in [0.15, 0.2) is 12.4 Å². The zero-order valence-electron chi connectivity index (χ0n) is 14.0. The minimum Gasteiger partial charge on any atom is -0.497 e. The molecule has 1 aromatic heterocycles. The summed E-state index contributed by atoms with van der Waals surface area (Å²) in [6.07, 6.45) is 0.810. The number of rotatable bonds is 5. The Morgan fingerprint density at radius 1 is 1.16 bits per heavy atom. The van der Waals surface area contributed by atoms with E-state index >= 15 is 0 Å². The molecular formula is C20H17NO4. The van der Waals surface area contributed by atoms with E-state index in [1.165, 1.54) is 0 Å². The van der Waals surface area contributed by atoms with Gasteiger partial charge in [0, 0.05) is 5.56 Å². The van der Waals surface area contributed by atoms with Crippen LogP contribution in [0.1, 0.15) is 12.5 Å². The lowest BCUT2D eigenvalue weighted by atomic mass is 10.1. The number of benzene rings is 2. The predicted molar refractivity (Wildman–Crippen MR) is 95.0 cm³/mol. The van der Waals surface area contributed by atoms with Gasteiger partial charge in [-0.2, -0.15) is 5.26 Å². The highest BCUT2D eigenvalue weighted by atomic mass is 16.5. The predicted octanol–water partition coefficient (Wildman–Crippen LogP) is 3.93. The second-order valence-electron chi connectivity index (χ2n) is 5.45. The number of hydrogen-bond donors (Lipinski definition) is 0. The van der Waals surface area contributed by atoms with Gasteiger partial charge in [-0.1, -0.05) is 13.0 Å². The van der Waals surface area contributed by atoms with Crippen LogP contribution in [0.3, 0.4) is 0 Å². The zero-order chi connectivity index (χ0) is 17.8. The summed E-state index contributed by atoms with van der Waals surface area (Å²) in [5, 5.41) is 9.27. The molecule has 5 heteroatoms. The van der Waals surface area contributed by atoms with Crippen LogP contribution in [0.5, 0.6) is 11.5 Å². The van der Waals surface area contributed by atoms with E-state index in [1.54, 1.807) is 43.5 Å². The largest absolute Gasteiger partial charge is 0.497 e. The molecule has 0 fully saturated rings. The van der Waals surface area contributed by atoms with Gasteiger partial charge in [0.1, 0.15) is 17.4 Å². The zero-order valence-corrected chi connectivity index (χ0v) is 14.0. The highest BCUT2D eigenvalue weighted by Crippen LogP contribution is 2.32. The van der Waals surface area contributed by atoms with Crippen LogP contribution in [0.25, 0.3) is 22.3 Å². The molecule has 0 aliphatic carbocycles. The standard InChI is InChI=1S/C20H17NO4/c1-3-13-4-9-17-16(12-13)18(22)20(24-11-10-21)19(25-17)14-5-7-15(23-2)8-6-14/h4-9,12H,3,11H2,1-2H3. The molecule has 0 N–H and O–H groups in total. The molecule has 0 spiro atoms. The monoisotopic (exact) mass is 335 g/mol. The molecule has 0 atom stereocenters. The Bertz CT molecular complexity index is 997. The molecule has 1 heterocycles. The maximum Gasteiger partial charge on any atom is 0.235 e. The Kier molecular flexibility index (Phi) is 4.71. The van der Waals surface area contributed by atoms with Crippen molar-refractivity contribution in [2.75, 3.05) is 13.7 Å². The van der Waals surface area contributed by atoms with Crippen LogP contribution in [-0.4, -0.2) is 13.7 Å². The van der Waals surface area contributed by atoms with Crippen molar-refractivity contribution in [3.8, 4) is 28.9 Å². The molecule has 0 unspecified atom stereocenters. The summed E-state index contributed by atoms with van der Waals surface area (Å²) >= 11 is 0. The fraction of sp³-hybridized carbons (Fsp3) is 0.200. The third kappa shape index (κ3) is 3.20. The third-order valence-corrected chi connectivity index (χ3v) is 3.95. The lowest BCUT2D eigenvalue weighted by Crippen LogP contribution is -2.10. The van der Waals surface area contributed by atoms with Gasteiger partial charge in [-0.3, -0.25) is 4.79 Å². The number of nitriles is 1. The topological polar surface area (TPSA) is 72.5 Å². The van der Waals surface area contributed by atoms with E-state index in [0.717, 1.165) is 12.0 Å². The van der Waals surface area contributed by atoms with Crippen LogP contribution in [0.2, 0.25) is 0 Å². The molecule has 2 aromatic carbocycles. The molecule has 0 bridgehead atoms. The van der Waals surface area contributed by atoms with Crippen LogP contribution in [0.4, 0.5) is 0 Å². The van der Waals surface area contributed by atoms with E-state index in [-0.39, 0.29) is 17.8 Å².